The van der Waals surface area contributed by atoms with Crippen LogP contribution in [0.4, 0.5) is 0 Å². The average molecular weight is 214 g/mol. The van der Waals surface area contributed by atoms with Gasteiger partial charge >= 0.3 is 11.8 Å². The lowest BCUT2D eigenvalue weighted by Gasteiger charge is -2.33. The molecule has 0 atom stereocenters. The summed E-state index contributed by atoms with van der Waals surface area (Å²) in [4.78, 5) is 36.2. The van der Waals surface area contributed by atoms with E-state index in [2.05, 4.69) is 0 Å². The maximum Gasteiger partial charge on any atom is 0.323 e. The Labute approximate surface area is 87.2 Å². The molecule has 0 aromatic rings. The van der Waals surface area contributed by atoms with Gasteiger partial charge in [-0.1, -0.05) is 0 Å². The summed E-state index contributed by atoms with van der Waals surface area (Å²) < 4.78 is 0. The Bertz CT molecular complexity index is 284. The molecule has 1 fully saturated rings. The maximum atomic E-state index is 11.3. The summed E-state index contributed by atoms with van der Waals surface area (Å²) >= 11 is 0. The minimum absolute atomic E-state index is 0.0228. The summed E-state index contributed by atoms with van der Waals surface area (Å²) in [6.45, 7) is 3.12. The highest BCUT2D eigenvalue weighted by Gasteiger charge is 2.25. The number of nitrogens with zero attached hydrogens (tertiary/aromatic N) is 2. The van der Waals surface area contributed by atoms with Gasteiger partial charge < -0.3 is 9.80 Å². The standard InChI is InChI=1S/C8H14N4O3/c1-6(13)11-2-4-12(5-3-11)8(15)7(14)10-9/h2-5,9H2,1H3,(H,10,14). The second-order valence-corrected chi connectivity index (χ2v) is 3.27. The number of carbonyl (C=O) groups excluding carboxylic acids is 3. The summed E-state index contributed by atoms with van der Waals surface area (Å²) in [5, 5.41) is 0. The Kier molecular flexibility index (Phi) is 3.62. The predicted molar refractivity (Wildman–Crippen MR) is 51.2 cm³/mol. The molecular formula is C8H14N4O3. The smallest absolute Gasteiger partial charge is 0.323 e. The van der Waals surface area contributed by atoms with Crippen LogP contribution in [0, 0.1) is 0 Å². The van der Waals surface area contributed by atoms with E-state index in [9.17, 15) is 14.4 Å². The first-order chi connectivity index (χ1) is 7.06. The topological polar surface area (TPSA) is 95.7 Å². The van der Waals surface area contributed by atoms with Crippen molar-refractivity contribution >= 4 is 17.7 Å². The van der Waals surface area contributed by atoms with E-state index in [-0.39, 0.29) is 5.91 Å². The van der Waals surface area contributed by atoms with Gasteiger partial charge in [0.15, 0.2) is 0 Å². The number of piperazine rings is 1. The molecule has 1 heterocycles. The molecule has 1 aliphatic heterocycles. The normalized spacial score (nSPS) is 16.1. The first kappa shape index (κ1) is 11.4. The third-order valence-electron chi connectivity index (χ3n) is 2.34. The molecule has 0 saturated carbocycles. The quantitative estimate of drug-likeness (QED) is 0.204. The molecule has 0 spiro atoms. The molecule has 7 heteroatoms. The molecule has 84 valence electrons. The monoisotopic (exact) mass is 214 g/mol. The van der Waals surface area contributed by atoms with Crippen molar-refractivity contribution in [2.24, 2.45) is 5.84 Å². The van der Waals surface area contributed by atoms with Gasteiger partial charge in [0.1, 0.15) is 0 Å². The van der Waals surface area contributed by atoms with Gasteiger partial charge in [0.25, 0.3) is 0 Å². The molecule has 3 amide bonds. The van der Waals surface area contributed by atoms with Gasteiger partial charge in [0, 0.05) is 33.1 Å². The number of hydrazine groups is 1. The zero-order chi connectivity index (χ0) is 11.4. The molecule has 0 aromatic heterocycles. The highest BCUT2D eigenvalue weighted by Crippen LogP contribution is 2.02. The number of hydrogen-bond acceptors (Lipinski definition) is 4. The van der Waals surface area contributed by atoms with Crippen LogP contribution in [0.5, 0.6) is 0 Å². The number of rotatable bonds is 0. The van der Waals surface area contributed by atoms with Crippen LogP contribution in [0.15, 0.2) is 0 Å². The van der Waals surface area contributed by atoms with Crippen LogP contribution in [-0.2, 0) is 14.4 Å². The first-order valence-corrected chi connectivity index (χ1v) is 4.61. The second kappa shape index (κ2) is 4.74. The van der Waals surface area contributed by atoms with Crippen molar-refractivity contribution in [3.63, 3.8) is 0 Å². The molecule has 3 N–H and O–H groups in total. The molecule has 0 aromatic carbocycles. The number of hydrogen-bond donors (Lipinski definition) is 2. The van der Waals surface area contributed by atoms with Crippen LogP contribution in [0.2, 0.25) is 0 Å². The van der Waals surface area contributed by atoms with Gasteiger partial charge in [-0.25, -0.2) is 5.84 Å². The van der Waals surface area contributed by atoms with E-state index in [4.69, 9.17) is 5.84 Å². The Hall–Kier alpha value is -1.63. The van der Waals surface area contributed by atoms with E-state index >= 15 is 0 Å². The van der Waals surface area contributed by atoms with Crippen molar-refractivity contribution in [1.82, 2.24) is 15.2 Å². The van der Waals surface area contributed by atoms with Gasteiger partial charge in [-0.05, 0) is 0 Å². The zero-order valence-electron chi connectivity index (χ0n) is 8.52. The van der Waals surface area contributed by atoms with Crippen molar-refractivity contribution in [3.05, 3.63) is 0 Å². The van der Waals surface area contributed by atoms with Crippen molar-refractivity contribution in [3.8, 4) is 0 Å². The predicted octanol–water partition coefficient (Wildman–Crippen LogP) is -2.33. The summed E-state index contributed by atoms with van der Waals surface area (Å²) in [6.07, 6.45) is 0. The van der Waals surface area contributed by atoms with Crippen molar-refractivity contribution < 1.29 is 14.4 Å². The third-order valence-corrected chi connectivity index (χ3v) is 2.34. The molecule has 1 rings (SSSR count). The molecule has 0 unspecified atom stereocenters. The molecule has 15 heavy (non-hydrogen) atoms. The Morgan fingerprint density at radius 2 is 1.53 bits per heavy atom. The molecule has 1 aliphatic rings. The van der Waals surface area contributed by atoms with Crippen molar-refractivity contribution in [2.75, 3.05) is 26.2 Å². The third kappa shape index (κ3) is 2.66. The van der Waals surface area contributed by atoms with E-state index < -0.39 is 11.8 Å². The minimum atomic E-state index is -0.828. The summed E-state index contributed by atoms with van der Waals surface area (Å²) in [7, 11) is 0. The number of amides is 3. The SMILES string of the molecule is CC(=O)N1CCN(C(=O)C(=O)NN)CC1. The number of nitrogens with two attached hydrogens (primary N) is 1. The van der Waals surface area contributed by atoms with Crippen LogP contribution in [0.3, 0.4) is 0 Å². The van der Waals surface area contributed by atoms with Crippen LogP contribution in [0.1, 0.15) is 6.92 Å². The highest BCUT2D eigenvalue weighted by molar-refractivity contribution is 6.34. The lowest BCUT2D eigenvalue weighted by atomic mass is 10.3. The van der Waals surface area contributed by atoms with Crippen LogP contribution in [0.25, 0.3) is 0 Å². The van der Waals surface area contributed by atoms with Crippen molar-refractivity contribution in [2.45, 2.75) is 6.92 Å². The minimum Gasteiger partial charge on any atom is -0.339 e. The van der Waals surface area contributed by atoms with Crippen LogP contribution < -0.4 is 11.3 Å². The fraction of sp³-hybridized carbons (Fsp3) is 0.625. The summed E-state index contributed by atoms with van der Waals surface area (Å²) in [5.41, 5.74) is 1.79. The lowest BCUT2D eigenvalue weighted by molar-refractivity contribution is -0.148. The van der Waals surface area contributed by atoms with E-state index in [1.807, 2.05) is 0 Å². The van der Waals surface area contributed by atoms with Gasteiger partial charge in [-0.2, -0.15) is 0 Å². The van der Waals surface area contributed by atoms with Crippen LogP contribution >= 0.6 is 0 Å². The van der Waals surface area contributed by atoms with Gasteiger partial charge in [-0.15, -0.1) is 0 Å². The molecule has 0 aliphatic carbocycles. The van der Waals surface area contributed by atoms with E-state index in [1.54, 1.807) is 10.3 Å². The van der Waals surface area contributed by atoms with Gasteiger partial charge in [0.2, 0.25) is 5.91 Å². The lowest BCUT2D eigenvalue weighted by Crippen LogP contribution is -2.54. The first-order valence-electron chi connectivity index (χ1n) is 4.61. The number of nitrogens with one attached hydrogen (secondary N) is 1. The van der Waals surface area contributed by atoms with E-state index in [0.717, 1.165) is 0 Å². The van der Waals surface area contributed by atoms with Gasteiger partial charge in [0.05, 0.1) is 0 Å². The van der Waals surface area contributed by atoms with Gasteiger partial charge in [-0.3, -0.25) is 19.8 Å². The second-order valence-electron chi connectivity index (χ2n) is 3.27. The Morgan fingerprint density at radius 1 is 1.07 bits per heavy atom. The van der Waals surface area contributed by atoms with E-state index in [0.29, 0.717) is 26.2 Å². The average Bonchev–Trinajstić information content (AvgIpc) is 2.27. The number of carbonyl (C=O) groups is 3. The zero-order valence-corrected chi connectivity index (χ0v) is 8.52. The molecule has 0 bridgehead atoms. The highest BCUT2D eigenvalue weighted by atomic mass is 16.2. The maximum absolute atomic E-state index is 11.3. The summed E-state index contributed by atoms with van der Waals surface area (Å²) in [6, 6.07) is 0. The molecule has 0 radical (unpaired) electrons. The molecule has 1 saturated heterocycles. The van der Waals surface area contributed by atoms with Crippen LogP contribution in [-0.4, -0.2) is 53.7 Å². The fourth-order valence-electron chi connectivity index (χ4n) is 1.43. The van der Waals surface area contributed by atoms with Crippen molar-refractivity contribution in [1.29, 1.82) is 0 Å². The Morgan fingerprint density at radius 3 is 1.93 bits per heavy atom. The Balaban J connectivity index is 2.47. The molecule has 7 nitrogen and oxygen atoms in total. The summed E-state index contributed by atoms with van der Waals surface area (Å²) in [5.74, 6) is 3.34. The molecular weight excluding hydrogens is 200 g/mol. The fourth-order valence-corrected chi connectivity index (χ4v) is 1.43. The largest absolute Gasteiger partial charge is 0.339 e. The van der Waals surface area contributed by atoms with E-state index in [1.165, 1.54) is 11.8 Å².